The maximum Gasteiger partial charge on any atom is 0.0602 e. The van der Waals surface area contributed by atoms with E-state index in [4.69, 9.17) is 0 Å². The first-order valence-corrected chi connectivity index (χ1v) is 5.74. The van der Waals surface area contributed by atoms with Crippen molar-refractivity contribution in [1.82, 2.24) is 0 Å². The van der Waals surface area contributed by atoms with Crippen LogP contribution < -0.4 is 10.2 Å². The highest BCUT2D eigenvalue weighted by Crippen LogP contribution is 2.28. The van der Waals surface area contributed by atoms with Crippen molar-refractivity contribution in [2.45, 2.75) is 27.2 Å². The molecule has 0 spiro atoms. The zero-order valence-electron chi connectivity index (χ0n) is 10.3. The van der Waals surface area contributed by atoms with Crippen LogP contribution in [0, 0.1) is 6.92 Å². The summed E-state index contributed by atoms with van der Waals surface area (Å²) in [6, 6.07) is 6.52. The third-order valence-electron chi connectivity index (χ3n) is 2.33. The number of hydrogen-bond donors (Lipinski definition) is 1. The fourth-order valence-corrected chi connectivity index (χ4v) is 1.59. The minimum absolute atomic E-state index is 0. The quantitative estimate of drug-likeness (QED) is 0.702. The summed E-state index contributed by atoms with van der Waals surface area (Å²) in [4.78, 5) is 2.29. The first kappa shape index (κ1) is 11.9. The Balaban J connectivity index is 0.000000511. The monoisotopic (exact) mass is 208 g/mol. The van der Waals surface area contributed by atoms with E-state index in [1.54, 1.807) is 0 Å². The zero-order valence-corrected chi connectivity index (χ0v) is 10.3. The molecule has 0 aromatic heterocycles. The third-order valence-corrected chi connectivity index (χ3v) is 2.33. The second kappa shape index (κ2) is 5.64. The Morgan fingerprint density at radius 3 is 2.73 bits per heavy atom. The summed E-state index contributed by atoms with van der Waals surface area (Å²) >= 11 is 0. The molecule has 1 aromatic rings. The van der Waals surface area contributed by atoms with Gasteiger partial charge in [0.1, 0.15) is 0 Å². The van der Waals surface area contributed by atoms with Gasteiger partial charge < -0.3 is 10.2 Å². The predicted octanol–water partition coefficient (Wildman–Crippen LogP) is 3.52. The van der Waals surface area contributed by atoms with Gasteiger partial charge in [-0.25, -0.2) is 0 Å². The molecule has 0 saturated carbocycles. The van der Waals surface area contributed by atoms with E-state index >= 15 is 0 Å². The van der Waals surface area contributed by atoms with Crippen LogP contribution in [-0.2, 0) is 0 Å². The van der Waals surface area contributed by atoms with Crippen LogP contribution >= 0.6 is 0 Å². The minimum Gasteiger partial charge on any atom is -0.382 e. The van der Waals surface area contributed by atoms with Crippen LogP contribution in [0.25, 0.3) is 0 Å². The van der Waals surface area contributed by atoms with Crippen molar-refractivity contribution in [3.8, 4) is 0 Å². The number of likely N-dealkylation sites (N-methyl/N-ethyl adjacent to an activating group) is 1. The number of nitrogens with zero attached hydrogens (tertiary/aromatic N) is 1. The predicted molar refractivity (Wildman–Crippen MR) is 71.0 cm³/mol. The third kappa shape index (κ3) is 3.15. The van der Waals surface area contributed by atoms with Gasteiger partial charge in [0.15, 0.2) is 0 Å². The number of anilines is 2. The first-order chi connectivity index (χ1) is 7.19. The molecule has 0 atom stereocenters. The molecular formula is C13H24N2. The van der Waals surface area contributed by atoms with E-state index in [-0.39, 0.29) is 1.43 Å². The van der Waals surface area contributed by atoms with E-state index in [9.17, 15) is 0 Å². The lowest BCUT2D eigenvalue weighted by molar-refractivity contribution is 0.886. The Labute approximate surface area is 94.8 Å². The summed E-state index contributed by atoms with van der Waals surface area (Å²) in [6.07, 6.45) is 1.25. The van der Waals surface area contributed by atoms with Crippen LogP contribution in [0.1, 0.15) is 27.3 Å². The van der Waals surface area contributed by atoms with Crippen molar-refractivity contribution in [3.05, 3.63) is 23.8 Å². The smallest absolute Gasteiger partial charge is 0.0602 e. The molecule has 0 amide bonds. The van der Waals surface area contributed by atoms with Gasteiger partial charge in [-0.05, 0) is 24.6 Å². The van der Waals surface area contributed by atoms with Crippen molar-refractivity contribution in [3.63, 3.8) is 0 Å². The van der Waals surface area contributed by atoms with Gasteiger partial charge in [-0.15, -0.1) is 0 Å². The highest BCUT2D eigenvalue weighted by molar-refractivity contribution is 5.72. The highest BCUT2D eigenvalue weighted by Gasteiger charge is 2.11. The van der Waals surface area contributed by atoms with Crippen molar-refractivity contribution in [2.75, 3.05) is 30.4 Å². The summed E-state index contributed by atoms with van der Waals surface area (Å²) in [5.74, 6) is 0. The number of nitrogens with one attached hydrogen (secondary N) is 1. The summed E-state index contributed by atoms with van der Waals surface area (Å²) < 4.78 is 0. The molecule has 0 saturated heterocycles. The summed E-state index contributed by atoms with van der Waals surface area (Å²) in [7, 11) is 2.14. The van der Waals surface area contributed by atoms with Gasteiger partial charge in [0, 0.05) is 21.6 Å². The molecule has 2 rings (SSSR count). The van der Waals surface area contributed by atoms with Gasteiger partial charge in [-0.1, -0.05) is 26.3 Å². The molecule has 2 heteroatoms. The number of benzene rings is 1. The molecule has 0 fully saturated rings. The number of fused-ring (bicyclic) bond motifs is 1. The summed E-state index contributed by atoms with van der Waals surface area (Å²) in [6.45, 7) is 8.52. The van der Waals surface area contributed by atoms with Crippen LogP contribution in [0.2, 0.25) is 0 Å². The van der Waals surface area contributed by atoms with Gasteiger partial charge in [-0.3, -0.25) is 0 Å². The van der Waals surface area contributed by atoms with E-state index in [2.05, 4.69) is 56.2 Å². The number of hydrogen-bond acceptors (Lipinski definition) is 2. The molecule has 0 aliphatic carbocycles. The van der Waals surface area contributed by atoms with Crippen LogP contribution in [0.3, 0.4) is 0 Å². The Bertz CT molecular complexity index is 313. The lowest BCUT2D eigenvalue weighted by Gasteiger charge is -2.28. The first-order valence-electron chi connectivity index (χ1n) is 5.74. The van der Waals surface area contributed by atoms with Crippen LogP contribution in [0.5, 0.6) is 0 Å². The Morgan fingerprint density at radius 2 is 2.07 bits per heavy atom. The summed E-state index contributed by atoms with van der Waals surface area (Å²) in [5, 5.41) is 3.38. The van der Waals surface area contributed by atoms with Gasteiger partial charge in [0.2, 0.25) is 0 Å². The molecule has 1 N–H and O–H groups in total. The maximum atomic E-state index is 3.38. The average molecular weight is 208 g/mol. The second-order valence-corrected chi connectivity index (χ2v) is 4.08. The lowest BCUT2D eigenvalue weighted by Crippen LogP contribution is -2.30. The molecule has 1 aliphatic heterocycles. The Morgan fingerprint density at radius 1 is 1.40 bits per heavy atom. The van der Waals surface area contributed by atoms with Crippen molar-refractivity contribution < 1.29 is 1.43 Å². The number of rotatable bonds is 0. The molecule has 1 heterocycles. The van der Waals surface area contributed by atoms with E-state index < -0.39 is 0 Å². The topological polar surface area (TPSA) is 15.3 Å². The standard InChI is InChI=1S/C10H14N2.C3H8.H2/c1-8-3-4-9-10(7-8)12(2)6-5-11-9;1-3-2;/h3-4,7,11H,5-6H2,1-2H3;3H2,1-2H3;1H. The van der Waals surface area contributed by atoms with Crippen LogP contribution in [0.15, 0.2) is 18.2 Å². The van der Waals surface area contributed by atoms with Crippen LogP contribution in [0.4, 0.5) is 11.4 Å². The van der Waals surface area contributed by atoms with Crippen molar-refractivity contribution in [1.29, 1.82) is 0 Å². The molecular weight excluding hydrogens is 184 g/mol. The maximum absolute atomic E-state index is 3.38. The van der Waals surface area contributed by atoms with E-state index in [0.29, 0.717) is 0 Å². The fraction of sp³-hybridized carbons (Fsp3) is 0.538. The van der Waals surface area contributed by atoms with E-state index in [0.717, 1.165) is 13.1 Å². The van der Waals surface area contributed by atoms with E-state index in [1.165, 1.54) is 23.4 Å². The van der Waals surface area contributed by atoms with Gasteiger partial charge >= 0.3 is 0 Å². The molecule has 1 aromatic carbocycles. The lowest BCUT2D eigenvalue weighted by atomic mass is 10.1. The molecule has 1 aliphatic rings. The Hall–Kier alpha value is -1.18. The molecule has 0 radical (unpaired) electrons. The average Bonchev–Trinajstić information content (AvgIpc) is 2.21. The van der Waals surface area contributed by atoms with Gasteiger partial charge in [-0.2, -0.15) is 0 Å². The second-order valence-electron chi connectivity index (χ2n) is 4.08. The summed E-state index contributed by atoms with van der Waals surface area (Å²) in [5.41, 5.74) is 3.90. The van der Waals surface area contributed by atoms with E-state index in [1.807, 2.05) is 0 Å². The fourth-order valence-electron chi connectivity index (χ4n) is 1.59. The molecule has 86 valence electrons. The molecule has 2 nitrogen and oxygen atoms in total. The zero-order chi connectivity index (χ0) is 11.3. The van der Waals surface area contributed by atoms with Crippen molar-refractivity contribution >= 4 is 11.4 Å². The molecule has 0 bridgehead atoms. The van der Waals surface area contributed by atoms with Gasteiger partial charge in [0.05, 0.1) is 11.4 Å². The highest BCUT2D eigenvalue weighted by atomic mass is 15.2. The molecule has 15 heavy (non-hydrogen) atoms. The van der Waals surface area contributed by atoms with Crippen LogP contribution in [-0.4, -0.2) is 20.1 Å². The normalized spacial score (nSPS) is 13.5. The SMILES string of the molecule is CCC.Cc1ccc2c(c1)N(C)CCN2.[HH]. The van der Waals surface area contributed by atoms with Gasteiger partial charge in [0.25, 0.3) is 0 Å². The number of aryl methyl sites for hydroxylation is 1. The Kier molecular flexibility index (Phi) is 4.47. The van der Waals surface area contributed by atoms with Crippen molar-refractivity contribution in [2.24, 2.45) is 0 Å². The minimum atomic E-state index is 0. The molecule has 0 unspecified atom stereocenters. The largest absolute Gasteiger partial charge is 0.382 e.